The Morgan fingerprint density at radius 1 is 1.33 bits per heavy atom. The number of carboxylic acids is 1. The first kappa shape index (κ1) is 17.8. The van der Waals surface area contributed by atoms with Crippen LogP contribution >= 0.6 is 0 Å². The van der Waals surface area contributed by atoms with Gasteiger partial charge in [0.25, 0.3) is 0 Å². The van der Waals surface area contributed by atoms with Crippen LogP contribution in [0.5, 0.6) is 0 Å². The number of aliphatic carboxylic acids is 1. The van der Waals surface area contributed by atoms with Gasteiger partial charge < -0.3 is 20.0 Å². The van der Waals surface area contributed by atoms with E-state index in [1.807, 2.05) is 18.7 Å². The molecule has 1 atom stereocenters. The van der Waals surface area contributed by atoms with Crippen molar-refractivity contribution in [2.45, 2.75) is 64.5 Å². The quantitative estimate of drug-likeness (QED) is 0.717. The third-order valence-corrected chi connectivity index (χ3v) is 3.98. The molecule has 1 saturated heterocycles. The van der Waals surface area contributed by atoms with Crippen LogP contribution in [0.2, 0.25) is 0 Å². The maximum atomic E-state index is 12.7. The van der Waals surface area contributed by atoms with Gasteiger partial charge in [-0.2, -0.15) is 0 Å². The molecule has 0 spiro atoms. The van der Waals surface area contributed by atoms with Gasteiger partial charge in [0.1, 0.15) is 0 Å². The van der Waals surface area contributed by atoms with E-state index in [-0.39, 0.29) is 31.1 Å². The number of hydrogen-bond acceptors (Lipinski definition) is 3. The van der Waals surface area contributed by atoms with E-state index < -0.39 is 5.97 Å². The number of hydrogen-bond donors (Lipinski definition) is 2. The van der Waals surface area contributed by atoms with Gasteiger partial charge in [0, 0.05) is 38.2 Å². The third kappa shape index (κ3) is 5.53. The molecule has 0 aromatic carbocycles. The molecule has 1 unspecified atom stereocenters. The highest BCUT2D eigenvalue weighted by atomic mass is 16.4. The van der Waals surface area contributed by atoms with E-state index in [1.165, 1.54) is 0 Å². The first-order chi connectivity index (χ1) is 9.97. The van der Waals surface area contributed by atoms with Crippen LogP contribution in [-0.4, -0.2) is 63.8 Å². The van der Waals surface area contributed by atoms with Gasteiger partial charge in [0.2, 0.25) is 0 Å². The van der Waals surface area contributed by atoms with E-state index in [1.54, 1.807) is 4.90 Å². The van der Waals surface area contributed by atoms with Crippen molar-refractivity contribution < 1.29 is 19.8 Å². The van der Waals surface area contributed by atoms with Crippen LogP contribution < -0.4 is 0 Å². The standard InChI is InChI=1S/C15H28N2O4/c1-12(2)16(9-4-8-14(19)20)15(21)17-10-3-6-13(17)7-5-11-18/h12-13,18H,3-11H2,1-2H3,(H,19,20). The van der Waals surface area contributed by atoms with E-state index in [0.29, 0.717) is 13.0 Å². The molecule has 1 aliphatic heterocycles. The van der Waals surface area contributed by atoms with Gasteiger partial charge in [-0.05, 0) is 46.0 Å². The van der Waals surface area contributed by atoms with Gasteiger partial charge in [0.15, 0.2) is 0 Å². The topological polar surface area (TPSA) is 81.1 Å². The summed E-state index contributed by atoms with van der Waals surface area (Å²) in [7, 11) is 0. The Morgan fingerprint density at radius 2 is 2.05 bits per heavy atom. The minimum absolute atomic E-state index is 0.0100. The summed E-state index contributed by atoms with van der Waals surface area (Å²) in [6.07, 6.45) is 4.12. The highest BCUT2D eigenvalue weighted by Gasteiger charge is 2.32. The van der Waals surface area contributed by atoms with Crippen molar-refractivity contribution in [1.82, 2.24) is 9.80 Å². The molecule has 0 aliphatic carbocycles. The predicted molar refractivity (Wildman–Crippen MR) is 80.2 cm³/mol. The molecular weight excluding hydrogens is 272 g/mol. The molecule has 6 heteroatoms. The van der Waals surface area contributed by atoms with Crippen LogP contribution in [0.1, 0.15) is 52.4 Å². The smallest absolute Gasteiger partial charge is 0.320 e. The lowest BCUT2D eigenvalue weighted by Crippen LogP contribution is -2.48. The largest absolute Gasteiger partial charge is 0.481 e. The Hall–Kier alpha value is -1.30. The van der Waals surface area contributed by atoms with Crippen LogP contribution in [0, 0.1) is 0 Å². The fourth-order valence-corrected chi connectivity index (χ4v) is 2.85. The van der Waals surface area contributed by atoms with Gasteiger partial charge in [0.05, 0.1) is 0 Å². The molecule has 2 N–H and O–H groups in total. The second kappa shape index (κ2) is 8.87. The Kier molecular flexibility index (Phi) is 7.50. The van der Waals surface area contributed by atoms with Crippen molar-refractivity contribution in [3.8, 4) is 0 Å². The van der Waals surface area contributed by atoms with Crippen LogP contribution in [0.15, 0.2) is 0 Å². The molecule has 0 radical (unpaired) electrons. The van der Waals surface area contributed by atoms with E-state index in [9.17, 15) is 9.59 Å². The lowest BCUT2D eigenvalue weighted by molar-refractivity contribution is -0.137. The lowest BCUT2D eigenvalue weighted by Gasteiger charge is -2.34. The summed E-state index contributed by atoms with van der Waals surface area (Å²) in [5.74, 6) is -0.826. The van der Waals surface area contributed by atoms with Crippen molar-refractivity contribution in [1.29, 1.82) is 0 Å². The van der Waals surface area contributed by atoms with Crippen LogP contribution in [0.3, 0.4) is 0 Å². The monoisotopic (exact) mass is 300 g/mol. The third-order valence-electron chi connectivity index (χ3n) is 3.98. The molecule has 2 amide bonds. The predicted octanol–water partition coefficient (Wildman–Crippen LogP) is 1.92. The van der Waals surface area contributed by atoms with Crippen LogP contribution in [0.4, 0.5) is 4.79 Å². The fraction of sp³-hybridized carbons (Fsp3) is 0.867. The zero-order valence-electron chi connectivity index (χ0n) is 13.1. The normalized spacial score (nSPS) is 18.3. The van der Waals surface area contributed by atoms with Gasteiger partial charge >= 0.3 is 12.0 Å². The summed E-state index contributed by atoms with van der Waals surface area (Å²) >= 11 is 0. The minimum atomic E-state index is -0.826. The van der Waals surface area contributed by atoms with Crippen molar-refractivity contribution in [3.05, 3.63) is 0 Å². The molecule has 0 aromatic rings. The summed E-state index contributed by atoms with van der Waals surface area (Å²) in [4.78, 5) is 27.0. The number of likely N-dealkylation sites (tertiary alicyclic amines) is 1. The molecule has 1 heterocycles. The van der Waals surface area contributed by atoms with Crippen LogP contribution in [0.25, 0.3) is 0 Å². The second-order valence-corrected chi connectivity index (χ2v) is 5.92. The first-order valence-electron chi connectivity index (χ1n) is 7.87. The number of carbonyl (C=O) groups is 2. The molecule has 0 bridgehead atoms. The summed E-state index contributed by atoms with van der Waals surface area (Å²) < 4.78 is 0. The van der Waals surface area contributed by atoms with E-state index in [0.717, 1.165) is 32.2 Å². The number of amides is 2. The van der Waals surface area contributed by atoms with E-state index in [2.05, 4.69) is 0 Å². The van der Waals surface area contributed by atoms with Gasteiger partial charge in [-0.1, -0.05) is 0 Å². The molecule has 1 rings (SSSR count). The highest BCUT2D eigenvalue weighted by molar-refractivity contribution is 5.75. The number of aliphatic hydroxyl groups is 1. The van der Waals surface area contributed by atoms with Gasteiger partial charge in [-0.3, -0.25) is 4.79 Å². The number of aliphatic hydroxyl groups excluding tert-OH is 1. The molecule has 1 fully saturated rings. The number of nitrogens with zero attached hydrogens (tertiary/aromatic N) is 2. The summed E-state index contributed by atoms with van der Waals surface area (Å²) in [6.45, 7) is 5.31. The second-order valence-electron chi connectivity index (χ2n) is 5.92. The molecular formula is C15H28N2O4. The van der Waals surface area contributed by atoms with Crippen molar-refractivity contribution in [2.24, 2.45) is 0 Å². The minimum Gasteiger partial charge on any atom is -0.481 e. The van der Waals surface area contributed by atoms with Crippen molar-refractivity contribution in [3.63, 3.8) is 0 Å². The van der Waals surface area contributed by atoms with Crippen LogP contribution in [-0.2, 0) is 4.79 Å². The molecule has 0 saturated carbocycles. The SMILES string of the molecule is CC(C)N(CCCC(=O)O)C(=O)N1CCCC1CCCO. The Bertz CT molecular complexity index is 347. The van der Waals surface area contributed by atoms with E-state index >= 15 is 0 Å². The molecule has 6 nitrogen and oxygen atoms in total. The maximum Gasteiger partial charge on any atom is 0.320 e. The lowest BCUT2D eigenvalue weighted by atomic mass is 10.1. The zero-order chi connectivity index (χ0) is 15.8. The fourth-order valence-electron chi connectivity index (χ4n) is 2.85. The number of urea groups is 1. The maximum absolute atomic E-state index is 12.7. The molecule has 122 valence electrons. The van der Waals surface area contributed by atoms with Gasteiger partial charge in [-0.15, -0.1) is 0 Å². The summed E-state index contributed by atoms with van der Waals surface area (Å²) in [5.41, 5.74) is 0. The number of carbonyl (C=O) groups excluding carboxylic acids is 1. The highest BCUT2D eigenvalue weighted by Crippen LogP contribution is 2.23. The average molecular weight is 300 g/mol. The summed E-state index contributed by atoms with van der Waals surface area (Å²) in [5, 5.41) is 17.7. The number of rotatable bonds is 8. The number of carboxylic acid groups (broad SMARTS) is 1. The van der Waals surface area contributed by atoms with Crippen molar-refractivity contribution in [2.75, 3.05) is 19.7 Å². The first-order valence-corrected chi connectivity index (χ1v) is 7.87. The Morgan fingerprint density at radius 3 is 2.62 bits per heavy atom. The molecule has 1 aliphatic rings. The Labute approximate surface area is 126 Å². The van der Waals surface area contributed by atoms with E-state index in [4.69, 9.17) is 10.2 Å². The average Bonchev–Trinajstić information content (AvgIpc) is 2.88. The zero-order valence-corrected chi connectivity index (χ0v) is 13.1. The summed E-state index contributed by atoms with van der Waals surface area (Å²) in [6, 6.07) is 0.284. The van der Waals surface area contributed by atoms with Crippen molar-refractivity contribution >= 4 is 12.0 Å². The van der Waals surface area contributed by atoms with Gasteiger partial charge in [-0.25, -0.2) is 4.79 Å². The molecule has 21 heavy (non-hydrogen) atoms. The Balaban J connectivity index is 2.59. The molecule has 0 aromatic heterocycles.